The number of pyridine rings is 1. The highest BCUT2D eigenvalue weighted by Crippen LogP contribution is 2.31. The molecule has 200 valence electrons. The zero-order valence-corrected chi connectivity index (χ0v) is 23.1. The largest absolute Gasteiger partial charge is 0.369 e. The van der Waals surface area contributed by atoms with Crippen molar-refractivity contribution in [3.8, 4) is 0 Å². The molecule has 0 N–H and O–H groups in total. The summed E-state index contributed by atoms with van der Waals surface area (Å²) >= 11 is 0. The van der Waals surface area contributed by atoms with Crippen molar-refractivity contribution in [3.63, 3.8) is 0 Å². The fourth-order valence-corrected chi connectivity index (χ4v) is 4.76. The van der Waals surface area contributed by atoms with E-state index in [4.69, 9.17) is 0 Å². The molecule has 0 spiro atoms. The van der Waals surface area contributed by atoms with Gasteiger partial charge >= 0.3 is 0 Å². The van der Waals surface area contributed by atoms with Crippen LogP contribution in [0.3, 0.4) is 0 Å². The van der Waals surface area contributed by atoms with Crippen molar-refractivity contribution < 1.29 is 13.3 Å². The minimum atomic E-state index is -0.252. The highest BCUT2D eigenvalue weighted by molar-refractivity contribution is 5.95. The van der Waals surface area contributed by atoms with Crippen LogP contribution in [0.5, 0.6) is 0 Å². The average Bonchev–Trinajstić information content (AvgIpc) is 2.91. The van der Waals surface area contributed by atoms with Crippen molar-refractivity contribution in [2.75, 3.05) is 37.6 Å². The van der Waals surface area contributed by atoms with Crippen molar-refractivity contribution >= 4 is 28.6 Å². The molecule has 3 nitrogen and oxygen atoms in total. The number of nitrogens with zero attached hydrogens (tertiary/aromatic N) is 3. The number of halogens is 2. The molecule has 0 saturated carbocycles. The van der Waals surface area contributed by atoms with Crippen molar-refractivity contribution in [1.82, 2.24) is 4.90 Å². The smallest absolute Gasteiger partial charge is 0.205 e. The lowest BCUT2D eigenvalue weighted by atomic mass is 10.0. The van der Waals surface area contributed by atoms with Crippen LogP contribution in [0.2, 0.25) is 0 Å². The van der Waals surface area contributed by atoms with Crippen molar-refractivity contribution in [3.05, 3.63) is 71.6 Å². The zero-order valence-electron chi connectivity index (χ0n) is 23.1. The van der Waals surface area contributed by atoms with E-state index in [2.05, 4.69) is 37.5 Å². The summed E-state index contributed by atoms with van der Waals surface area (Å²) in [6, 6.07) is 11.4. The molecule has 2 aromatic carbocycles. The van der Waals surface area contributed by atoms with E-state index >= 15 is 4.39 Å². The lowest BCUT2D eigenvalue weighted by molar-refractivity contribution is -0.698. The van der Waals surface area contributed by atoms with Crippen molar-refractivity contribution in [2.24, 2.45) is 0 Å². The van der Waals surface area contributed by atoms with Gasteiger partial charge in [-0.2, -0.15) is 4.39 Å². The molecule has 0 bridgehead atoms. The molecule has 0 saturated heterocycles. The Balaban J connectivity index is 1.79. The number of hydrogen-bond donors (Lipinski definition) is 0. The second kappa shape index (κ2) is 14.8. The molecular formula is C32H44F2N3+. The summed E-state index contributed by atoms with van der Waals surface area (Å²) in [7, 11) is 0. The highest BCUT2D eigenvalue weighted by atomic mass is 19.1. The summed E-state index contributed by atoms with van der Waals surface area (Å²) in [5.74, 6) is -0.422. The van der Waals surface area contributed by atoms with Gasteiger partial charge in [0, 0.05) is 43.1 Å². The first-order valence-electron chi connectivity index (χ1n) is 14.1. The van der Waals surface area contributed by atoms with Gasteiger partial charge in [0.05, 0.1) is 5.69 Å². The monoisotopic (exact) mass is 508 g/mol. The summed E-state index contributed by atoms with van der Waals surface area (Å²) in [6.07, 6.45) is 12.4. The minimum absolute atomic E-state index is 0.170. The molecule has 1 heterocycles. The van der Waals surface area contributed by atoms with Crippen LogP contribution < -0.4 is 9.47 Å². The Morgan fingerprint density at radius 2 is 1.46 bits per heavy atom. The first-order valence-corrected chi connectivity index (χ1v) is 14.1. The molecule has 0 fully saturated rings. The topological polar surface area (TPSA) is 10.4 Å². The molecule has 37 heavy (non-hydrogen) atoms. The van der Waals surface area contributed by atoms with Gasteiger partial charge in [-0.05, 0) is 42.9 Å². The van der Waals surface area contributed by atoms with E-state index < -0.39 is 0 Å². The van der Waals surface area contributed by atoms with Gasteiger partial charge in [0.2, 0.25) is 6.20 Å². The van der Waals surface area contributed by atoms with Gasteiger partial charge in [0.15, 0.2) is 17.8 Å². The third-order valence-electron chi connectivity index (χ3n) is 7.14. The first kappa shape index (κ1) is 28.8. The molecule has 3 rings (SSSR count). The Labute approximate surface area is 222 Å². The first-order chi connectivity index (χ1) is 18.0. The number of anilines is 1. The van der Waals surface area contributed by atoms with Crippen molar-refractivity contribution in [1.29, 1.82) is 0 Å². The molecule has 0 aliphatic rings. The predicted molar refractivity (Wildman–Crippen MR) is 154 cm³/mol. The Bertz CT molecular complexity index is 1150. The molecular weight excluding hydrogens is 464 g/mol. The van der Waals surface area contributed by atoms with E-state index in [0.717, 1.165) is 82.3 Å². The number of benzene rings is 2. The predicted octanol–water partition coefficient (Wildman–Crippen LogP) is 7.71. The molecule has 0 atom stereocenters. The second-order valence-corrected chi connectivity index (χ2v) is 9.73. The number of fused-ring (bicyclic) bond motifs is 1. The summed E-state index contributed by atoms with van der Waals surface area (Å²) in [5.41, 5.74) is 2.08. The summed E-state index contributed by atoms with van der Waals surface area (Å²) < 4.78 is 32.4. The fraction of sp³-hybridized carbons (Fsp3) is 0.469. The van der Waals surface area contributed by atoms with Gasteiger partial charge in [-0.1, -0.05) is 77.0 Å². The van der Waals surface area contributed by atoms with Gasteiger partial charge in [0.1, 0.15) is 6.54 Å². The van der Waals surface area contributed by atoms with E-state index in [1.165, 1.54) is 0 Å². The van der Waals surface area contributed by atoms with Crippen LogP contribution in [-0.2, 0) is 6.54 Å². The maximum absolute atomic E-state index is 15.7. The van der Waals surface area contributed by atoms with Crippen LogP contribution in [0.25, 0.3) is 22.9 Å². The second-order valence-electron chi connectivity index (χ2n) is 9.73. The van der Waals surface area contributed by atoms with E-state index in [0.29, 0.717) is 16.6 Å². The number of rotatable bonds is 15. The minimum Gasteiger partial charge on any atom is -0.369 e. The SMILES string of the molecule is CCCCN(CCCC)c1ccc2c(/C=C/c3cc[n+](CCCN(CC)CC)cc3F)cccc2c1F. The van der Waals surface area contributed by atoms with E-state index in [-0.39, 0.29) is 11.6 Å². The Kier molecular flexibility index (Phi) is 11.5. The van der Waals surface area contributed by atoms with Crippen molar-refractivity contribution in [2.45, 2.75) is 66.3 Å². The van der Waals surface area contributed by atoms with Gasteiger partial charge in [-0.15, -0.1) is 0 Å². The number of aryl methyl sites for hydroxylation is 1. The number of hydrogen-bond acceptors (Lipinski definition) is 2. The van der Waals surface area contributed by atoms with Crippen LogP contribution >= 0.6 is 0 Å². The number of unbranched alkanes of at least 4 members (excludes halogenated alkanes) is 2. The molecule has 5 heteroatoms. The maximum atomic E-state index is 15.7. The molecule has 0 amide bonds. The maximum Gasteiger partial charge on any atom is 0.205 e. The van der Waals surface area contributed by atoms with Gasteiger partial charge < -0.3 is 9.80 Å². The normalized spacial score (nSPS) is 11.8. The molecule has 0 aliphatic carbocycles. The molecule has 1 aromatic heterocycles. The Hall–Kier alpha value is -2.79. The summed E-state index contributed by atoms with van der Waals surface area (Å²) in [5, 5.41) is 1.45. The molecule has 0 aliphatic heterocycles. The van der Waals surface area contributed by atoms with Crippen LogP contribution in [0.15, 0.2) is 48.8 Å². The van der Waals surface area contributed by atoms with Crippen LogP contribution in [0.1, 0.15) is 70.9 Å². The Morgan fingerprint density at radius 3 is 2.11 bits per heavy atom. The number of aromatic nitrogens is 1. The molecule has 0 unspecified atom stereocenters. The highest BCUT2D eigenvalue weighted by Gasteiger charge is 2.15. The fourth-order valence-electron chi connectivity index (χ4n) is 4.76. The van der Waals surface area contributed by atoms with Crippen LogP contribution in [0.4, 0.5) is 14.5 Å². The van der Waals surface area contributed by atoms with Gasteiger partial charge in [-0.3, -0.25) is 0 Å². The lowest BCUT2D eigenvalue weighted by Crippen LogP contribution is -2.36. The van der Waals surface area contributed by atoms with Crippen LogP contribution in [0, 0.1) is 11.6 Å². The molecule has 0 radical (unpaired) electrons. The van der Waals surface area contributed by atoms with E-state index in [9.17, 15) is 4.39 Å². The Morgan fingerprint density at radius 1 is 0.757 bits per heavy atom. The van der Waals surface area contributed by atoms with Gasteiger partial charge in [0.25, 0.3) is 0 Å². The zero-order chi connectivity index (χ0) is 26.6. The standard InChI is InChI=1S/C32H44F2N3/c1-5-9-22-37(23-10-6-2)31-18-17-28-26(13-11-14-29(28)32(31)34)15-16-27-19-24-36(25-30(27)33)21-12-20-35(7-3)8-4/h11,13-19,24-25H,5-10,12,20-23H2,1-4H3/q+1/b16-15+. The molecule has 3 aromatic rings. The average molecular weight is 509 g/mol. The van der Waals surface area contributed by atoms with Gasteiger partial charge in [-0.25, -0.2) is 8.96 Å². The quantitative estimate of drug-likeness (QED) is 0.195. The third-order valence-corrected chi connectivity index (χ3v) is 7.14. The lowest BCUT2D eigenvalue weighted by Gasteiger charge is -2.26. The van der Waals surface area contributed by atoms with Crippen LogP contribution in [-0.4, -0.2) is 37.6 Å². The summed E-state index contributed by atoms with van der Waals surface area (Å²) in [6.45, 7) is 14.2. The van der Waals surface area contributed by atoms with E-state index in [1.54, 1.807) is 12.3 Å². The third kappa shape index (κ3) is 7.85. The van der Waals surface area contributed by atoms with E-state index in [1.807, 2.05) is 53.2 Å². The summed E-state index contributed by atoms with van der Waals surface area (Å²) in [4.78, 5) is 4.55.